The molecule has 0 aliphatic rings. The highest BCUT2D eigenvalue weighted by molar-refractivity contribution is 9.25. The normalized spacial score (nSPS) is 11.8. The van der Waals surface area contributed by atoms with E-state index in [0.717, 1.165) is 0 Å². The number of hydrogen-bond donors (Lipinski definition) is 0. The zero-order chi connectivity index (χ0) is 12.3. The summed E-state index contributed by atoms with van der Waals surface area (Å²) >= 11 is 11.2. The van der Waals surface area contributed by atoms with Gasteiger partial charge in [-0.15, -0.1) is 0 Å². The van der Waals surface area contributed by atoms with Gasteiger partial charge in [0.05, 0.1) is 8.06 Å². The lowest BCUT2D eigenvalue weighted by Gasteiger charge is -2.30. The molecule has 0 N–H and O–H groups in total. The average molecular weight is 419 g/mol. The number of benzene rings is 2. The van der Waals surface area contributed by atoms with Crippen LogP contribution < -0.4 is 0 Å². The fourth-order valence-corrected chi connectivity index (χ4v) is 3.37. The highest BCUT2D eigenvalue weighted by atomic mass is 79.9. The molecule has 0 saturated heterocycles. The Labute approximate surface area is 127 Å². The Kier molecular flexibility index (Phi) is 4.45. The van der Waals surface area contributed by atoms with E-state index in [1.807, 2.05) is 12.1 Å². The number of halogens is 3. The minimum atomic E-state index is -0.268. The Bertz CT molecular complexity index is 426. The van der Waals surface area contributed by atoms with Crippen molar-refractivity contribution in [2.75, 3.05) is 0 Å². The molecule has 0 radical (unpaired) electrons. The maximum Gasteiger partial charge on any atom is 0.0977 e. The predicted molar refractivity (Wildman–Crippen MR) is 84.2 cm³/mol. The Balaban J connectivity index is 2.55. The van der Waals surface area contributed by atoms with Crippen molar-refractivity contribution in [1.29, 1.82) is 0 Å². The van der Waals surface area contributed by atoms with Crippen LogP contribution in [0.25, 0.3) is 0 Å². The molecule has 0 spiro atoms. The molecule has 3 heteroatoms. The van der Waals surface area contributed by atoms with E-state index in [2.05, 4.69) is 96.3 Å². The first-order chi connectivity index (χ1) is 8.15. The minimum absolute atomic E-state index is 0.104. The molecule has 2 aromatic rings. The molecule has 0 amide bonds. The number of rotatable bonds is 3. The fourth-order valence-electron chi connectivity index (χ4n) is 1.78. The summed E-state index contributed by atoms with van der Waals surface area (Å²) in [7, 11) is 0. The van der Waals surface area contributed by atoms with Crippen molar-refractivity contribution < 1.29 is 0 Å². The maximum absolute atomic E-state index is 3.87. The summed E-state index contributed by atoms with van der Waals surface area (Å²) in [6, 6.07) is 20.8. The lowest BCUT2D eigenvalue weighted by Crippen LogP contribution is -2.26. The second-order valence-electron chi connectivity index (χ2n) is 3.74. The van der Waals surface area contributed by atoms with Gasteiger partial charge in [0.25, 0.3) is 0 Å². The van der Waals surface area contributed by atoms with Crippen molar-refractivity contribution in [3.63, 3.8) is 0 Å². The summed E-state index contributed by atoms with van der Waals surface area (Å²) in [4.78, 5) is 0. The van der Waals surface area contributed by atoms with Gasteiger partial charge in [0.2, 0.25) is 0 Å². The van der Waals surface area contributed by atoms with Gasteiger partial charge in [-0.1, -0.05) is 108 Å². The zero-order valence-corrected chi connectivity index (χ0v) is 13.7. The SMILES string of the molecule is BrC(Br)C(Br)(c1ccccc1)c1ccccc1. The summed E-state index contributed by atoms with van der Waals surface area (Å²) in [6.45, 7) is 0. The van der Waals surface area contributed by atoms with E-state index < -0.39 is 0 Å². The van der Waals surface area contributed by atoms with Crippen LogP contribution >= 0.6 is 47.8 Å². The average Bonchev–Trinajstić information content (AvgIpc) is 2.39. The minimum Gasteiger partial charge on any atom is -0.0742 e. The second kappa shape index (κ2) is 5.68. The van der Waals surface area contributed by atoms with Crippen LogP contribution in [0.1, 0.15) is 11.1 Å². The molecule has 0 aliphatic carbocycles. The van der Waals surface area contributed by atoms with E-state index in [1.54, 1.807) is 0 Å². The van der Waals surface area contributed by atoms with Crippen molar-refractivity contribution in [2.45, 2.75) is 8.06 Å². The van der Waals surface area contributed by atoms with Crippen molar-refractivity contribution in [3.05, 3.63) is 71.8 Å². The molecule has 17 heavy (non-hydrogen) atoms. The fraction of sp³-hybridized carbons (Fsp3) is 0.143. The largest absolute Gasteiger partial charge is 0.0977 e. The molecule has 0 saturated carbocycles. The van der Waals surface area contributed by atoms with Crippen LogP contribution in [-0.2, 0) is 4.32 Å². The molecule has 0 heterocycles. The van der Waals surface area contributed by atoms with Crippen LogP contribution in [0.2, 0.25) is 0 Å². The summed E-state index contributed by atoms with van der Waals surface area (Å²) in [6.07, 6.45) is 0. The van der Waals surface area contributed by atoms with Crippen LogP contribution in [-0.4, -0.2) is 3.74 Å². The molecule has 0 fully saturated rings. The van der Waals surface area contributed by atoms with E-state index in [9.17, 15) is 0 Å². The van der Waals surface area contributed by atoms with Gasteiger partial charge in [0.1, 0.15) is 0 Å². The highest BCUT2D eigenvalue weighted by Gasteiger charge is 2.36. The van der Waals surface area contributed by atoms with Gasteiger partial charge in [-0.3, -0.25) is 0 Å². The molecule has 0 nitrogen and oxygen atoms in total. The maximum atomic E-state index is 3.87. The molecular formula is C14H11Br3. The second-order valence-corrected chi connectivity index (χ2v) is 8.06. The van der Waals surface area contributed by atoms with Crippen molar-refractivity contribution in [1.82, 2.24) is 0 Å². The standard InChI is InChI=1S/C14H11Br3/c15-13(16)14(17,11-7-3-1-4-8-11)12-9-5-2-6-10-12/h1-10,13H. The highest BCUT2D eigenvalue weighted by Crippen LogP contribution is 2.47. The van der Waals surface area contributed by atoms with Gasteiger partial charge in [-0.2, -0.15) is 0 Å². The molecule has 2 aromatic carbocycles. The van der Waals surface area contributed by atoms with Gasteiger partial charge in [0.15, 0.2) is 0 Å². The molecule has 0 unspecified atom stereocenters. The van der Waals surface area contributed by atoms with Crippen molar-refractivity contribution in [2.24, 2.45) is 0 Å². The molecule has 0 aliphatic heterocycles. The summed E-state index contributed by atoms with van der Waals surface area (Å²) < 4.78 is -0.164. The Morgan fingerprint density at radius 2 is 1.06 bits per heavy atom. The van der Waals surface area contributed by atoms with Crippen LogP contribution in [0.15, 0.2) is 60.7 Å². The van der Waals surface area contributed by atoms with E-state index in [0.29, 0.717) is 0 Å². The third-order valence-electron chi connectivity index (χ3n) is 2.69. The van der Waals surface area contributed by atoms with Gasteiger partial charge in [-0.25, -0.2) is 0 Å². The van der Waals surface area contributed by atoms with E-state index in [-0.39, 0.29) is 8.06 Å². The van der Waals surface area contributed by atoms with Gasteiger partial charge < -0.3 is 0 Å². The van der Waals surface area contributed by atoms with Gasteiger partial charge in [0, 0.05) is 0 Å². The van der Waals surface area contributed by atoms with Crippen LogP contribution in [0.5, 0.6) is 0 Å². The molecule has 0 atom stereocenters. The first-order valence-electron chi connectivity index (χ1n) is 5.24. The van der Waals surface area contributed by atoms with Gasteiger partial charge in [-0.05, 0) is 11.1 Å². The lowest BCUT2D eigenvalue weighted by atomic mass is 9.93. The third kappa shape index (κ3) is 2.67. The van der Waals surface area contributed by atoms with E-state index >= 15 is 0 Å². The smallest absolute Gasteiger partial charge is 0.0742 e. The summed E-state index contributed by atoms with van der Waals surface area (Å²) in [5.41, 5.74) is 2.43. The van der Waals surface area contributed by atoms with E-state index in [4.69, 9.17) is 0 Å². The summed E-state index contributed by atoms with van der Waals surface area (Å²) in [5, 5.41) is 0. The quantitative estimate of drug-likeness (QED) is 0.582. The van der Waals surface area contributed by atoms with Crippen LogP contribution in [0.3, 0.4) is 0 Å². The monoisotopic (exact) mass is 416 g/mol. The van der Waals surface area contributed by atoms with Gasteiger partial charge >= 0.3 is 0 Å². The molecule has 88 valence electrons. The number of hydrogen-bond acceptors (Lipinski definition) is 0. The molecule has 0 bridgehead atoms. The van der Waals surface area contributed by atoms with Crippen LogP contribution in [0, 0.1) is 0 Å². The Morgan fingerprint density at radius 3 is 1.35 bits per heavy atom. The topological polar surface area (TPSA) is 0 Å². The zero-order valence-electron chi connectivity index (χ0n) is 8.98. The molecule has 2 rings (SSSR count). The Morgan fingerprint density at radius 1 is 0.706 bits per heavy atom. The molecular weight excluding hydrogens is 408 g/mol. The first-order valence-corrected chi connectivity index (χ1v) is 7.86. The van der Waals surface area contributed by atoms with Crippen LogP contribution in [0.4, 0.5) is 0 Å². The Hall–Kier alpha value is -0.120. The number of alkyl halides is 3. The third-order valence-corrected chi connectivity index (χ3v) is 6.66. The first kappa shape index (κ1) is 13.3. The van der Waals surface area contributed by atoms with Crippen molar-refractivity contribution in [3.8, 4) is 0 Å². The van der Waals surface area contributed by atoms with E-state index in [1.165, 1.54) is 11.1 Å². The molecule has 0 aromatic heterocycles. The lowest BCUT2D eigenvalue weighted by molar-refractivity contribution is 0.856. The predicted octanol–water partition coefficient (Wildman–Crippen LogP) is 5.44. The summed E-state index contributed by atoms with van der Waals surface area (Å²) in [5.74, 6) is 0. The van der Waals surface area contributed by atoms with Crippen molar-refractivity contribution >= 4 is 47.8 Å².